The lowest BCUT2D eigenvalue weighted by molar-refractivity contribution is -0.137. The van der Waals surface area contributed by atoms with E-state index in [1.165, 1.54) is 6.07 Å². The molecular weight excluding hydrogens is 365 g/mol. The van der Waals surface area contributed by atoms with Crippen LogP contribution in [0.25, 0.3) is 0 Å². The predicted octanol–water partition coefficient (Wildman–Crippen LogP) is 4.86. The molecular formula is C18H21F3N2O2S. The van der Waals surface area contributed by atoms with Crippen LogP contribution in [0.5, 0.6) is 0 Å². The van der Waals surface area contributed by atoms with Gasteiger partial charge in [0.15, 0.2) is 0 Å². The van der Waals surface area contributed by atoms with Crippen LogP contribution in [0.1, 0.15) is 31.9 Å². The van der Waals surface area contributed by atoms with E-state index < -0.39 is 26.5 Å². The summed E-state index contributed by atoms with van der Waals surface area (Å²) in [4.78, 5) is 0. The summed E-state index contributed by atoms with van der Waals surface area (Å²) < 4.78 is 63.9. The SMILES string of the molecule is CC(C)(C)S(=O)(=O)Nc1ccc(CNc2cccc(C(F)(F)F)c2)cc1. The molecule has 0 aliphatic rings. The van der Waals surface area contributed by atoms with Crippen LogP contribution in [-0.4, -0.2) is 13.2 Å². The zero-order valence-electron chi connectivity index (χ0n) is 14.7. The maximum absolute atomic E-state index is 12.7. The van der Waals surface area contributed by atoms with Crippen molar-refractivity contribution in [3.63, 3.8) is 0 Å². The van der Waals surface area contributed by atoms with Crippen molar-refractivity contribution >= 4 is 21.4 Å². The van der Waals surface area contributed by atoms with Gasteiger partial charge >= 0.3 is 6.18 Å². The lowest BCUT2D eigenvalue weighted by atomic mass is 10.1. The molecule has 0 fully saturated rings. The highest BCUT2D eigenvalue weighted by Gasteiger charge is 2.30. The van der Waals surface area contributed by atoms with Crippen molar-refractivity contribution < 1.29 is 21.6 Å². The molecule has 0 amide bonds. The number of anilines is 2. The first-order chi connectivity index (χ1) is 11.9. The van der Waals surface area contributed by atoms with Crippen LogP contribution < -0.4 is 10.0 Å². The number of rotatable bonds is 5. The van der Waals surface area contributed by atoms with Crippen LogP contribution in [-0.2, 0) is 22.7 Å². The van der Waals surface area contributed by atoms with Gasteiger partial charge in [-0.1, -0.05) is 18.2 Å². The molecule has 0 aromatic heterocycles. The van der Waals surface area contributed by atoms with Gasteiger partial charge in [-0.05, 0) is 56.7 Å². The van der Waals surface area contributed by atoms with Crippen LogP contribution in [0, 0.1) is 0 Å². The summed E-state index contributed by atoms with van der Waals surface area (Å²) in [5.74, 6) is 0. The van der Waals surface area contributed by atoms with Crippen molar-refractivity contribution in [2.24, 2.45) is 0 Å². The lowest BCUT2D eigenvalue weighted by Gasteiger charge is -2.20. The van der Waals surface area contributed by atoms with E-state index >= 15 is 0 Å². The number of nitrogens with one attached hydrogen (secondary N) is 2. The molecule has 8 heteroatoms. The third-order valence-electron chi connectivity index (χ3n) is 3.70. The van der Waals surface area contributed by atoms with Gasteiger partial charge in [0.25, 0.3) is 0 Å². The summed E-state index contributed by atoms with van der Waals surface area (Å²) in [7, 11) is -3.51. The summed E-state index contributed by atoms with van der Waals surface area (Å²) in [5, 5.41) is 2.93. The quantitative estimate of drug-likeness (QED) is 0.772. The van der Waals surface area contributed by atoms with E-state index in [0.29, 0.717) is 17.9 Å². The Morgan fingerprint density at radius 2 is 1.54 bits per heavy atom. The molecule has 4 nitrogen and oxygen atoms in total. The Morgan fingerprint density at radius 1 is 0.923 bits per heavy atom. The normalized spacial score (nSPS) is 12.7. The van der Waals surface area contributed by atoms with Gasteiger partial charge in [0.2, 0.25) is 10.0 Å². The third-order valence-corrected chi connectivity index (χ3v) is 5.82. The molecule has 0 unspecified atom stereocenters. The smallest absolute Gasteiger partial charge is 0.381 e. The molecule has 2 rings (SSSR count). The summed E-state index contributed by atoms with van der Waals surface area (Å²) in [6, 6.07) is 11.6. The van der Waals surface area contributed by atoms with E-state index in [-0.39, 0.29) is 0 Å². The highest BCUT2D eigenvalue weighted by Crippen LogP contribution is 2.30. The van der Waals surface area contributed by atoms with Crippen molar-refractivity contribution in [3.05, 3.63) is 59.7 Å². The molecule has 2 N–H and O–H groups in total. The number of benzene rings is 2. The molecule has 0 atom stereocenters. The molecule has 0 bridgehead atoms. The van der Waals surface area contributed by atoms with Crippen LogP contribution in [0.3, 0.4) is 0 Å². The minimum absolute atomic E-state index is 0.313. The van der Waals surface area contributed by atoms with E-state index in [1.807, 2.05) is 0 Å². The fourth-order valence-corrected chi connectivity index (χ4v) is 2.76. The standard InChI is InChI=1S/C18H21F3N2O2S/c1-17(2,3)26(24,25)23-15-9-7-13(8-10-15)12-22-16-6-4-5-14(11-16)18(19,20)21/h4-11,22-23H,12H2,1-3H3. The van der Waals surface area contributed by atoms with Crippen molar-refractivity contribution in [2.75, 3.05) is 10.0 Å². The second-order valence-electron chi connectivity index (χ2n) is 6.85. The van der Waals surface area contributed by atoms with Gasteiger partial charge in [0.05, 0.1) is 10.3 Å². The van der Waals surface area contributed by atoms with E-state index in [2.05, 4.69) is 10.0 Å². The van der Waals surface area contributed by atoms with Crippen LogP contribution >= 0.6 is 0 Å². The molecule has 26 heavy (non-hydrogen) atoms. The number of alkyl halides is 3. The Labute approximate surface area is 151 Å². The Bertz CT molecular complexity index is 855. The maximum Gasteiger partial charge on any atom is 0.416 e. The number of hydrogen-bond acceptors (Lipinski definition) is 3. The molecule has 2 aromatic carbocycles. The second-order valence-corrected chi connectivity index (χ2v) is 9.28. The molecule has 0 aliphatic heterocycles. The number of halogens is 3. The van der Waals surface area contributed by atoms with Crippen LogP contribution in [0.2, 0.25) is 0 Å². The second kappa shape index (κ2) is 7.19. The van der Waals surface area contributed by atoms with Gasteiger partial charge in [-0.15, -0.1) is 0 Å². The van der Waals surface area contributed by atoms with Crippen molar-refractivity contribution in [2.45, 2.75) is 38.2 Å². The van der Waals surface area contributed by atoms with Gasteiger partial charge < -0.3 is 5.32 Å². The molecule has 0 aliphatic carbocycles. The molecule has 2 aromatic rings. The first-order valence-electron chi connectivity index (χ1n) is 7.91. The molecule has 0 heterocycles. The molecule has 0 saturated carbocycles. The van der Waals surface area contributed by atoms with Crippen LogP contribution in [0.4, 0.5) is 24.5 Å². The zero-order chi connectivity index (χ0) is 19.6. The fourth-order valence-electron chi connectivity index (χ4n) is 2.01. The summed E-state index contributed by atoms with van der Waals surface area (Å²) in [5.41, 5.74) is 0.885. The van der Waals surface area contributed by atoms with E-state index in [9.17, 15) is 21.6 Å². The Hall–Kier alpha value is -2.22. The fraction of sp³-hybridized carbons (Fsp3) is 0.333. The van der Waals surface area contributed by atoms with Gasteiger partial charge in [-0.25, -0.2) is 8.42 Å². The average Bonchev–Trinajstić information content (AvgIpc) is 2.52. The van der Waals surface area contributed by atoms with Crippen LogP contribution in [0.15, 0.2) is 48.5 Å². The van der Waals surface area contributed by atoms with E-state index in [4.69, 9.17) is 0 Å². The average molecular weight is 386 g/mol. The minimum Gasteiger partial charge on any atom is -0.381 e. The highest BCUT2D eigenvalue weighted by atomic mass is 32.2. The number of hydrogen-bond donors (Lipinski definition) is 2. The Morgan fingerprint density at radius 3 is 2.08 bits per heavy atom. The topological polar surface area (TPSA) is 58.2 Å². The van der Waals surface area contributed by atoms with E-state index in [1.54, 1.807) is 51.1 Å². The van der Waals surface area contributed by atoms with Crippen molar-refractivity contribution in [1.82, 2.24) is 0 Å². The first kappa shape index (κ1) is 20.1. The van der Waals surface area contributed by atoms with Gasteiger partial charge in [0.1, 0.15) is 0 Å². The number of sulfonamides is 1. The third kappa shape index (κ3) is 5.14. The Balaban J connectivity index is 2.02. The van der Waals surface area contributed by atoms with Gasteiger partial charge in [0, 0.05) is 17.9 Å². The Kier molecular flexibility index (Phi) is 5.55. The van der Waals surface area contributed by atoms with Gasteiger partial charge in [-0.2, -0.15) is 13.2 Å². The highest BCUT2D eigenvalue weighted by molar-refractivity contribution is 7.94. The first-order valence-corrected chi connectivity index (χ1v) is 9.39. The largest absolute Gasteiger partial charge is 0.416 e. The molecule has 0 radical (unpaired) electrons. The summed E-state index contributed by atoms with van der Waals surface area (Å²) in [6.07, 6.45) is -4.39. The molecule has 142 valence electrons. The monoisotopic (exact) mass is 386 g/mol. The lowest BCUT2D eigenvalue weighted by Crippen LogP contribution is -2.33. The van der Waals surface area contributed by atoms with Gasteiger partial charge in [-0.3, -0.25) is 4.72 Å². The predicted molar refractivity (Wildman–Crippen MR) is 97.5 cm³/mol. The maximum atomic E-state index is 12.7. The van der Waals surface area contributed by atoms with E-state index in [0.717, 1.165) is 17.7 Å². The van der Waals surface area contributed by atoms with Crippen molar-refractivity contribution in [3.8, 4) is 0 Å². The molecule has 0 saturated heterocycles. The summed E-state index contributed by atoms with van der Waals surface area (Å²) >= 11 is 0. The van der Waals surface area contributed by atoms with Crippen molar-refractivity contribution in [1.29, 1.82) is 0 Å². The summed E-state index contributed by atoms with van der Waals surface area (Å²) in [6.45, 7) is 5.11. The minimum atomic E-state index is -4.39. The zero-order valence-corrected chi connectivity index (χ0v) is 15.5. The molecule has 0 spiro atoms.